The lowest BCUT2D eigenvalue weighted by Gasteiger charge is -2.08. The molecule has 2 aromatic carbocycles. The number of hydrazine groups is 1. The second kappa shape index (κ2) is 9.22. The van der Waals surface area contributed by atoms with Gasteiger partial charge in [-0.3, -0.25) is 20.4 Å². The van der Waals surface area contributed by atoms with Crippen LogP contribution in [0, 0.1) is 5.82 Å². The third kappa shape index (κ3) is 6.47. The van der Waals surface area contributed by atoms with Crippen molar-refractivity contribution in [2.24, 2.45) is 0 Å². The van der Waals surface area contributed by atoms with Gasteiger partial charge in [0.2, 0.25) is 0 Å². The van der Waals surface area contributed by atoms with Crippen LogP contribution in [0.4, 0.5) is 4.39 Å². The molecule has 0 spiro atoms. The van der Waals surface area contributed by atoms with Gasteiger partial charge in [-0.25, -0.2) is 4.39 Å². The van der Waals surface area contributed by atoms with Crippen LogP contribution in [-0.2, 0) is 16.0 Å². The largest absolute Gasteiger partial charge is 0.484 e. The topological polar surface area (TPSA) is 67.4 Å². The van der Waals surface area contributed by atoms with E-state index in [4.69, 9.17) is 4.74 Å². The lowest BCUT2D eigenvalue weighted by Crippen LogP contribution is -2.43. The Bertz CT molecular complexity index is 740. The molecule has 25 heavy (non-hydrogen) atoms. The molecule has 0 unspecified atom stereocenters. The van der Waals surface area contributed by atoms with E-state index in [2.05, 4.69) is 17.8 Å². The molecule has 0 fully saturated rings. The molecule has 2 N–H and O–H groups in total. The maximum Gasteiger partial charge on any atom is 0.276 e. The van der Waals surface area contributed by atoms with Crippen molar-refractivity contribution in [2.45, 2.75) is 13.3 Å². The van der Waals surface area contributed by atoms with Crippen LogP contribution in [0.1, 0.15) is 18.1 Å². The molecule has 0 aliphatic heterocycles. The summed E-state index contributed by atoms with van der Waals surface area (Å²) in [5.41, 5.74) is 6.33. The minimum Gasteiger partial charge on any atom is -0.484 e. The highest BCUT2D eigenvalue weighted by atomic mass is 19.1. The molecular weight excluding hydrogens is 323 g/mol. The Morgan fingerprint density at radius 3 is 2.36 bits per heavy atom. The third-order valence-corrected chi connectivity index (χ3v) is 3.32. The zero-order valence-electron chi connectivity index (χ0n) is 13.8. The first-order valence-electron chi connectivity index (χ1n) is 7.81. The van der Waals surface area contributed by atoms with Gasteiger partial charge in [-0.05, 0) is 47.9 Å². The number of benzene rings is 2. The van der Waals surface area contributed by atoms with Gasteiger partial charge >= 0.3 is 0 Å². The van der Waals surface area contributed by atoms with Gasteiger partial charge in [-0.15, -0.1) is 0 Å². The Morgan fingerprint density at radius 1 is 1.04 bits per heavy atom. The maximum atomic E-state index is 12.8. The summed E-state index contributed by atoms with van der Waals surface area (Å²) in [4.78, 5) is 23.2. The van der Waals surface area contributed by atoms with Gasteiger partial charge in [0.1, 0.15) is 11.6 Å². The van der Waals surface area contributed by atoms with E-state index in [-0.39, 0.29) is 12.4 Å². The van der Waals surface area contributed by atoms with E-state index in [1.165, 1.54) is 42.0 Å². The van der Waals surface area contributed by atoms with Gasteiger partial charge in [0.15, 0.2) is 6.61 Å². The quantitative estimate of drug-likeness (QED) is 0.626. The molecule has 130 valence electrons. The number of carbonyl (C=O) groups is 2. The third-order valence-electron chi connectivity index (χ3n) is 3.32. The second-order valence-electron chi connectivity index (χ2n) is 5.21. The zero-order valence-corrected chi connectivity index (χ0v) is 13.8. The van der Waals surface area contributed by atoms with Crippen molar-refractivity contribution < 1.29 is 18.7 Å². The smallest absolute Gasteiger partial charge is 0.276 e. The van der Waals surface area contributed by atoms with E-state index >= 15 is 0 Å². The van der Waals surface area contributed by atoms with Gasteiger partial charge in [0, 0.05) is 6.08 Å². The fraction of sp³-hybridized carbons (Fsp3) is 0.158. The number of ether oxygens (including phenoxy) is 1. The van der Waals surface area contributed by atoms with Gasteiger partial charge in [0.05, 0.1) is 0 Å². The normalized spacial score (nSPS) is 10.5. The van der Waals surface area contributed by atoms with Crippen molar-refractivity contribution >= 4 is 17.9 Å². The Kier molecular flexibility index (Phi) is 6.71. The fourth-order valence-corrected chi connectivity index (χ4v) is 1.93. The molecule has 0 aromatic heterocycles. The van der Waals surface area contributed by atoms with Gasteiger partial charge in [-0.1, -0.05) is 31.2 Å². The summed E-state index contributed by atoms with van der Waals surface area (Å²) in [7, 11) is 0. The van der Waals surface area contributed by atoms with Crippen LogP contribution in [0.15, 0.2) is 54.6 Å². The Morgan fingerprint density at radius 2 is 1.72 bits per heavy atom. The number of hydrogen-bond donors (Lipinski definition) is 2. The summed E-state index contributed by atoms with van der Waals surface area (Å²) in [6.45, 7) is 1.84. The molecule has 5 nitrogen and oxygen atoms in total. The molecule has 0 radical (unpaired) electrons. The van der Waals surface area contributed by atoms with Crippen LogP contribution in [0.3, 0.4) is 0 Å². The van der Waals surface area contributed by atoms with E-state index in [0.717, 1.165) is 6.42 Å². The molecule has 0 atom stereocenters. The van der Waals surface area contributed by atoms with Crippen LogP contribution >= 0.6 is 0 Å². The number of nitrogens with one attached hydrogen (secondary N) is 2. The predicted octanol–water partition coefficient (Wildman–Crippen LogP) is 2.63. The van der Waals surface area contributed by atoms with Crippen molar-refractivity contribution in [3.63, 3.8) is 0 Å². The Balaban J connectivity index is 1.71. The van der Waals surface area contributed by atoms with E-state index in [0.29, 0.717) is 11.3 Å². The Labute approximate surface area is 145 Å². The summed E-state index contributed by atoms with van der Waals surface area (Å²) < 4.78 is 18.1. The lowest BCUT2D eigenvalue weighted by atomic mass is 10.2. The van der Waals surface area contributed by atoms with Gasteiger partial charge in [0.25, 0.3) is 11.8 Å². The van der Waals surface area contributed by atoms with Crippen LogP contribution in [0.2, 0.25) is 0 Å². The van der Waals surface area contributed by atoms with Crippen LogP contribution in [0.25, 0.3) is 6.08 Å². The summed E-state index contributed by atoms with van der Waals surface area (Å²) in [6.07, 6.45) is 3.67. The highest BCUT2D eigenvalue weighted by Crippen LogP contribution is 2.12. The number of carbonyl (C=O) groups excluding carboxylic acids is 2. The molecule has 0 aliphatic carbocycles. The molecule has 0 heterocycles. The van der Waals surface area contributed by atoms with Gasteiger partial charge in [-0.2, -0.15) is 0 Å². The van der Waals surface area contributed by atoms with Crippen molar-refractivity contribution in [1.82, 2.24) is 10.9 Å². The Hall–Kier alpha value is -3.15. The SMILES string of the molecule is CCc1ccc(OCC(=O)NNC(=O)C=Cc2ccc(F)cc2)cc1. The van der Waals surface area contributed by atoms with E-state index in [9.17, 15) is 14.0 Å². The number of amides is 2. The van der Waals surface area contributed by atoms with Crippen LogP contribution < -0.4 is 15.6 Å². The van der Waals surface area contributed by atoms with Crippen molar-refractivity contribution in [1.29, 1.82) is 0 Å². The fourth-order valence-electron chi connectivity index (χ4n) is 1.93. The highest BCUT2D eigenvalue weighted by molar-refractivity contribution is 5.93. The van der Waals surface area contributed by atoms with E-state index < -0.39 is 11.8 Å². The summed E-state index contributed by atoms with van der Waals surface area (Å²) in [5, 5.41) is 0. The average Bonchev–Trinajstić information content (AvgIpc) is 2.64. The van der Waals surface area contributed by atoms with Crippen LogP contribution in [0.5, 0.6) is 5.75 Å². The summed E-state index contributed by atoms with van der Waals surface area (Å²) in [6, 6.07) is 13.1. The standard InChI is InChI=1S/C19H19FN2O3/c1-2-14-5-10-17(11-6-14)25-13-19(24)22-21-18(23)12-7-15-3-8-16(20)9-4-15/h3-12H,2,13H2,1H3,(H,21,23)(H,22,24). The van der Waals surface area contributed by atoms with Crippen molar-refractivity contribution in [3.05, 3.63) is 71.6 Å². The van der Waals surface area contributed by atoms with Gasteiger partial charge < -0.3 is 4.74 Å². The van der Waals surface area contributed by atoms with E-state index in [1.54, 1.807) is 12.1 Å². The summed E-state index contributed by atoms with van der Waals surface area (Å²) in [5.74, 6) is -0.763. The maximum absolute atomic E-state index is 12.8. The van der Waals surface area contributed by atoms with E-state index in [1.807, 2.05) is 12.1 Å². The van der Waals surface area contributed by atoms with Crippen LogP contribution in [-0.4, -0.2) is 18.4 Å². The zero-order chi connectivity index (χ0) is 18.1. The average molecular weight is 342 g/mol. The minimum absolute atomic E-state index is 0.215. The minimum atomic E-state index is -0.509. The number of hydrogen-bond acceptors (Lipinski definition) is 3. The first-order valence-corrected chi connectivity index (χ1v) is 7.81. The second-order valence-corrected chi connectivity index (χ2v) is 5.21. The first kappa shape index (κ1) is 18.2. The number of rotatable bonds is 6. The molecule has 0 bridgehead atoms. The van der Waals surface area contributed by atoms with Crippen molar-refractivity contribution in [3.8, 4) is 5.75 Å². The number of aryl methyl sites for hydroxylation is 1. The highest BCUT2D eigenvalue weighted by Gasteiger charge is 2.04. The molecule has 0 saturated carbocycles. The van der Waals surface area contributed by atoms with Crippen molar-refractivity contribution in [2.75, 3.05) is 6.61 Å². The molecule has 2 amide bonds. The molecule has 2 aromatic rings. The molecule has 0 saturated heterocycles. The first-order chi connectivity index (χ1) is 12.1. The molecular formula is C19H19FN2O3. The molecule has 6 heteroatoms. The molecule has 2 rings (SSSR count). The number of halogens is 1. The molecule has 0 aliphatic rings. The lowest BCUT2D eigenvalue weighted by molar-refractivity contribution is -0.128. The monoisotopic (exact) mass is 342 g/mol. The summed E-state index contributed by atoms with van der Waals surface area (Å²) >= 11 is 0. The predicted molar refractivity (Wildman–Crippen MR) is 93.0 cm³/mol.